The molecule has 0 N–H and O–H groups in total. The fraction of sp³-hybridized carbons (Fsp3) is 0.160. The molecule has 6 rings (SSSR count). The van der Waals surface area contributed by atoms with Gasteiger partial charge >= 0.3 is 0 Å². The van der Waals surface area contributed by atoms with Crippen molar-refractivity contribution in [2.75, 3.05) is 11.4 Å². The Balaban J connectivity index is 1.26. The first-order chi connectivity index (χ1) is 16.3. The molecule has 0 atom stereocenters. The van der Waals surface area contributed by atoms with Crippen molar-refractivity contribution < 1.29 is 4.79 Å². The van der Waals surface area contributed by atoms with Gasteiger partial charge < -0.3 is 9.47 Å². The van der Waals surface area contributed by atoms with Crippen LogP contribution in [0.4, 0.5) is 5.69 Å². The summed E-state index contributed by atoms with van der Waals surface area (Å²) >= 11 is 0. The summed E-state index contributed by atoms with van der Waals surface area (Å²) < 4.78 is 3.70. The molecule has 0 unspecified atom stereocenters. The maximum atomic E-state index is 12.9. The number of hydrogen-bond donors (Lipinski definition) is 0. The second kappa shape index (κ2) is 7.98. The SMILES string of the molecule is O=C(Cn1cc(Cn2c(-c3ccccn3)nc3ccccc32)nn1)N1CCc2ccccc21. The first kappa shape index (κ1) is 19.4. The van der Waals surface area contributed by atoms with E-state index in [1.165, 1.54) is 5.56 Å². The van der Waals surface area contributed by atoms with E-state index in [9.17, 15) is 4.79 Å². The van der Waals surface area contributed by atoms with E-state index in [4.69, 9.17) is 4.98 Å². The fourth-order valence-electron chi connectivity index (χ4n) is 4.40. The van der Waals surface area contributed by atoms with E-state index in [0.717, 1.165) is 40.4 Å². The fourth-order valence-corrected chi connectivity index (χ4v) is 4.40. The van der Waals surface area contributed by atoms with Gasteiger partial charge in [-0.3, -0.25) is 9.78 Å². The number of pyridine rings is 1. The van der Waals surface area contributed by atoms with Gasteiger partial charge in [-0.25, -0.2) is 9.67 Å². The zero-order valence-corrected chi connectivity index (χ0v) is 17.9. The highest BCUT2D eigenvalue weighted by Gasteiger charge is 2.24. The van der Waals surface area contributed by atoms with Gasteiger partial charge in [0.15, 0.2) is 5.82 Å². The van der Waals surface area contributed by atoms with Gasteiger partial charge in [0.25, 0.3) is 0 Å². The molecule has 33 heavy (non-hydrogen) atoms. The summed E-state index contributed by atoms with van der Waals surface area (Å²) in [7, 11) is 0. The van der Waals surface area contributed by atoms with Crippen LogP contribution in [0.25, 0.3) is 22.6 Å². The van der Waals surface area contributed by atoms with E-state index in [2.05, 4.69) is 25.9 Å². The van der Waals surface area contributed by atoms with Crippen LogP contribution in [0.1, 0.15) is 11.3 Å². The molecule has 1 amide bonds. The first-order valence-corrected chi connectivity index (χ1v) is 10.9. The van der Waals surface area contributed by atoms with Crippen molar-refractivity contribution in [2.45, 2.75) is 19.5 Å². The third-order valence-corrected chi connectivity index (χ3v) is 5.94. The molecule has 1 aliphatic rings. The predicted octanol–water partition coefficient (Wildman–Crippen LogP) is 3.33. The van der Waals surface area contributed by atoms with Crippen LogP contribution in [0.5, 0.6) is 0 Å². The van der Waals surface area contributed by atoms with Gasteiger partial charge in [-0.05, 0) is 42.3 Å². The average Bonchev–Trinajstić information content (AvgIpc) is 3.57. The molecule has 0 saturated carbocycles. The Morgan fingerprint density at radius 1 is 0.970 bits per heavy atom. The van der Waals surface area contributed by atoms with Crippen LogP contribution >= 0.6 is 0 Å². The normalized spacial score (nSPS) is 12.9. The van der Waals surface area contributed by atoms with E-state index in [1.54, 1.807) is 10.9 Å². The molecule has 0 saturated heterocycles. The standard InChI is InChI=1S/C25H21N7O/c33-24(31-14-12-18-7-1-3-10-22(18)31)17-30-15-19(28-29-30)16-32-23-11-4-2-8-20(23)27-25(32)21-9-5-6-13-26-21/h1-11,13,15H,12,14,16-17H2. The zero-order valence-electron chi connectivity index (χ0n) is 17.9. The molecule has 0 fully saturated rings. The maximum absolute atomic E-state index is 12.9. The number of fused-ring (bicyclic) bond motifs is 2. The Bertz CT molecular complexity index is 1450. The summed E-state index contributed by atoms with van der Waals surface area (Å²) in [5, 5.41) is 8.55. The lowest BCUT2D eigenvalue weighted by atomic mass is 10.2. The second-order valence-corrected chi connectivity index (χ2v) is 8.06. The number of imidazole rings is 1. The molecule has 8 heteroatoms. The maximum Gasteiger partial charge on any atom is 0.248 e. The molecule has 8 nitrogen and oxygen atoms in total. The topological polar surface area (TPSA) is 81.7 Å². The lowest BCUT2D eigenvalue weighted by Crippen LogP contribution is -2.32. The summed E-state index contributed by atoms with van der Waals surface area (Å²) in [5.41, 5.74) is 5.65. The van der Waals surface area contributed by atoms with Gasteiger partial charge in [0, 0.05) is 18.4 Å². The lowest BCUT2D eigenvalue weighted by Gasteiger charge is -2.16. The van der Waals surface area contributed by atoms with Crippen LogP contribution in [0, 0.1) is 0 Å². The van der Waals surface area contributed by atoms with E-state index < -0.39 is 0 Å². The third kappa shape index (κ3) is 3.55. The predicted molar refractivity (Wildman–Crippen MR) is 125 cm³/mol. The molecule has 0 spiro atoms. The number of rotatable bonds is 5. The number of anilines is 1. The minimum atomic E-state index is 0.0126. The van der Waals surface area contributed by atoms with Crippen molar-refractivity contribution in [3.63, 3.8) is 0 Å². The van der Waals surface area contributed by atoms with Gasteiger partial charge in [-0.15, -0.1) is 5.10 Å². The Labute approximate surface area is 190 Å². The molecule has 162 valence electrons. The van der Waals surface area contributed by atoms with Crippen molar-refractivity contribution in [1.82, 2.24) is 29.5 Å². The zero-order chi connectivity index (χ0) is 22.2. The van der Waals surface area contributed by atoms with Crippen LogP contribution in [0.2, 0.25) is 0 Å². The second-order valence-electron chi connectivity index (χ2n) is 8.06. The number of carbonyl (C=O) groups is 1. The molecule has 0 aliphatic carbocycles. The number of amides is 1. The van der Waals surface area contributed by atoms with Crippen LogP contribution in [0.15, 0.2) is 79.1 Å². The summed E-state index contributed by atoms with van der Waals surface area (Å²) in [4.78, 5) is 24.0. The molecular formula is C25H21N7O. The van der Waals surface area contributed by atoms with Gasteiger partial charge in [0.2, 0.25) is 5.91 Å². The van der Waals surface area contributed by atoms with Gasteiger partial charge in [0.1, 0.15) is 17.9 Å². The number of para-hydroxylation sites is 3. The number of benzene rings is 2. The van der Waals surface area contributed by atoms with E-state index >= 15 is 0 Å². The highest BCUT2D eigenvalue weighted by Crippen LogP contribution is 2.28. The number of hydrogen-bond acceptors (Lipinski definition) is 5. The average molecular weight is 435 g/mol. The smallest absolute Gasteiger partial charge is 0.248 e. The summed E-state index contributed by atoms with van der Waals surface area (Å²) in [6.07, 6.45) is 4.47. The summed E-state index contributed by atoms with van der Waals surface area (Å²) in [6.45, 7) is 1.33. The molecule has 2 aromatic carbocycles. The largest absolute Gasteiger partial charge is 0.316 e. The Morgan fingerprint density at radius 2 is 1.82 bits per heavy atom. The van der Waals surface area contributed by atoms with Crippen LogP contribution in [0.3, 0.4) is 0 Å². The number of aromatic nitrogens is 6. The minimum absolute atomic E-state index is 0.0126. The third-order valence-electron chi connectivity index (χ3n) is 5.94. The van der Waals surface area contributed by atoms with Gasteiger partial charge in [0.05, 0.1) is 23.8 Å². The van der Waals surface area contributed by atoms with Crippen molar-refractivity contribution >= 4 is 22.6 Å². The van der Waals surface area contributed by atoms with Crippen LogP contribution in [-0.2, 0) is 24.3 Å². The number of carbonyl (C=O) groups excluding carboxylic acids is 1. The summed E-state index contributed by atoms with van der Waals surface area (Å²) in [5.74, 6) is 0.787. The Hall–Kier alpha value is -4.33. The van der Waals surface area contributed by atoms with Crippen LogP contribution < -0.4 is 4.90 Å². The lowest BCUT2D eigenvalue weighted by molar-refractivity contribution is -0.119. The molecule has 3 aromatic heterocycles. The van der Waals surface area contributed by atoms with Gasteiger partial charge in [-0.2, -0.15) is 0 Å². The Kier molecular flexibility index (Phi) is 4.68. The summed E-state index contributed by atoms with van der Waals surface area (Å²) in [6, 6.07) is 21.8. The van der Waals surface area contributed by atoms with Crippen LogP contribution in [-0.4, -0.2) is 42.0 Å². The van der Waals surface area contributed by atoms with Crippen molar-refractivity contribution in [1.29, 1.82) is 0 Å². The number of nitrogens with zero attached hydrogens (tertiary/aromatic N) is 7. The van der Waals surface area contributed by atoms with Crippen molar-refractivity contribution in [3.8, 4) is 11.5 Å². The first-order valence-electron chi connectivity index (χ1n) is 10.9. The minimum Gasteiger partial charge on any atom is -0.316 e. The molecule has 0 radical (unpaired) electrons. The molecule has 4 heterocycles. The molecular weight excluding hydrogens is 414 g/mol. The Morgan fingerprint density at radius 3 is 2.73 bits per heavy atom. The van der Waals surface area contributed by atoms with E-state index in [-0.39, 0.29) is 12.5 Å². The van der Waals surface area contributed by atoms with Crippen molar-refractivity contribution in [3.05, 3.63) is 90.4 Å². The highest BCUT2D eigenvalue weighted by molar-refractivity contribution is 5.95. The van der Waals surface area contributed by atoms with Gasteiger partial charge in [-0.1, -0.05) is 41.6 Å². The highest BCUT2D eigenvalue weighted by atomic mass is 16.2. The van der Waals surface area contributed by atoms with E-state index in [0.29, 0.717) is 13.1 Å². The molecule has 5 aromatic rings. The van der Waals surface area contributed by atoms with E-state index in [1.807, 2.05) is 71.8 Å². The van der Waals surface area contributed by atoms with Crippen molar-refractivity contribution in [2.24, 2.45) is 0 Å². The monoisotopic (exact) mass is 435 g/mol. The quantitative estimate of drug-likeness (QED) is 0.423. The molecule has 0 bridgehead atoms. The molecule has 1 aliphatic heterocycles.